The summed E-state index contributed by atoms with van der Waals surface area (Å²) in [4.78, 5) is 50.7. The number of aryl methyl sites for hydroxylation is 12. The zero-order valence-corrected chi connectivity index (χ0v) is 60.3. The third-order valence-corrected chi connectivity index (χ3v) is 8.80. The molecule has 20 nitrogen and oxygen atoms in total. The van der Waals surface area contributed by atoms with E-state index < -0.39 is 12.9 Å². The number of hydrogen-bond donors (Lipinski definition) is 1. The molecule has 5 radical (unpaired) electrons. The zero-order chi connectivity index (χ0) is 73.9. The molecule has 0 amide bonds. The summed E-state index contributed by atoms with van der Waals surface area (Å²) in [6, 6.07) is 56.3. The Morgan fingerprint density at radius 1 is 0.385 bits per heavy atom. The number of benzene rings is 4. The Morgan fingerprint density at radius 3 is 0.667 bits per heavy atom. The van der Waals surface area contributed by atoms with Crippen LogP contribution in [-0.4, -0.2) is 10.3 Å². The summed E-state index contributed by atoms with van der Waals surface area (Å²) in [6.45, 7) is 70.4. The predicted molar refractivity (Wildman–Crippen MR) is 345 cm³/mol. The van der Waals surface area contributed by atoms with Crippen LogP contribution in [0, 0.1) is 186 Å². The molecule has 0 fully saturated rings. The minimum absolute atomic E-state index is 0. The van der Waals surface area contributed by atoms with Crippen molar-refractivity contribution >= 4 is 30.6 Å². The quantitative estimate of drug-likeness (QED) is 0.0371. The maximum absolute atomic E-state index is 10.7. The van der Waals surface area contributed by atoms with Gasteiger partial charge >= 0.3 is 101 Å². The molecule has 0 aromatic heterocycles. The van der Waals surface area contributed by atoms with E-state index in [9.17, 15) is 25.2 Å². The summed E-state index contributed by atoms with van der Waals surface area (Å²) in [6.07, 6.45) is 0. The topological polar surface area (TPSA) is 333 Å². The van der Waals surface area contributed by atoms with Gasteiger partial charge in [-0.15, -0.1) is 10.1 Å². The Kier molecular flexibility index (Phi) is 100. The van der Waals surface area contributed by atoms with Crippen molar-refractivity contribution in [3.63, 3.8) is 0 Å². The Balaban J connectivity index is -0.0000000571. The van der Waals surface area contributed by atoms with Crippen LogP contribution < -0.4 is 0 Å². The van der Waals surface area contributed by atoms with Crippen LogP contribution in [0.25, 0.3) is 41.8 Å². The van der Waals surface area contributed by atoms with Crippen LogP contribution in [0.4, 0.5) is 47.9 Å². The van der Waals surface area contributed by atoms with Gasteiger partial charge in [-0.2, -0.15) is 70.8 Å². The Hall–Kier alpha value is -9.59. The molecule has 0 saturated carbocycles. The van der Waals surface area contributed by atoms with Crippen LogP contribution in [0.15, 0.2) is 170 Å². The molecule has 0 atom stereocenters. The number of halogens is 6. The van der Waals surface area contributed by atoms with Gasteiger partial charge in [-0.05, 0) is 61.0 Å². The van der Waals surface area contributed by atoms with E-state index in [1.807, 2.05) is 159 Å². The van der Waals surface area contributed by atoms with Gasteiger partial charge in [0.2, 0.25) is 0 Å². The molecule has 8 aromatic rings. The molecular formula is C64H65F6Mn5N13O7P-5. The second-order valence-electron chi connectivity index (χ2n) is 16.8. The largest absolute Gasteiger partial charge is 2.00 e. The van der Waals surface area contributed by atoms with Gasteiger partial charge in [-0.25, -0.2) is 67.9 Å². The molecule has 96 heavy (non-hydrogen) atoms. The van der Waals surface area contributed by atoms with Crippen molar-refractivity contribution in [1.82, 2.24) is 0 Å². The third kappa shape index (κ3) is 103. The molecule has 0 unspecified atom stereocenters. The van der Waals surface area contributed by atoms with E-state index in [0.717, 1.165) is 61.7 Å². The van der Waals surface area contributed by atoms with Crippen molar-refractivity contribution in [2.24, 2.45) is 0 Å². The summed E-state index contributed by atoms with van der Waals surface area (Å²) in [7, 11) is -10.7. The molecule has 8 rings (SSSR count). The minimum Gasteiger partial charge on any atom is -0.577 e. The molecule has 0 aliphatic rings. The molecule has 0 saturated heterocycles. The van der Waals surface area contributed by atoms with Crippen LogP contribution in [0.1, 0.15) is 66.8 Å². The van der Waals surface area contributed by atoms with E-state index >= 15 is 0 Å². The second-order valence-corrected chi connectivity index (χ2v) is 18.7. The fourth-order valence-corrected chi connectivity index (χ4v) is 5.86. The predicted octanol–water partition coefficient (Wildman–Crippen LogP) is 23.0. The van der Waals surface area contributed by atoms with E-state index in [1.54, 1.807) is 0 Å². The molecule has 0 heterocycles. The van der Waals surface area contributed by atoms with Gasteiger partial charge in [0.1, 0.15) is 0 Å². The summed E-state index contributed by atoms with van der Waals surface area (Å²) in [5.74, 6) is 0. The molecule has 0 bridgehead atoms. The zero-order valence-electron chi connectivity index (χ0n) is 53.5. The van der Waals surface area contributed by atoms with Crippen LogP contribution in [0.5, 0.6) is 0 Å². The number of hydrogen-bond acceptors (Lipinski definition) is 10. The minimum atomic E-state index is -10.7. The van der Waals surface area contributed by atoms with Crippen molar-refractivity contribution in [3.05, 3.63) is 361 Å². The average Bonchev–Trinajstić information content (AvgIpc) is 0.955. The van der Waals surface area contributed by atoms with E-state index in [1.165, 1.54) is 27.8 Å². The molecular weight excluding hydrogens is 1480 g/mol. The maximum Gasteiger partial charge on any atom is 2.00 e. The van der Waals surface area contributed by atoms with Gasteiger partial charge in [0.25, 0.3) is 5.09 Å². The summed E-state index contributed by atoms with van der Waals surface area (Å²) >= 11 is 0. The molecule has 1 N–H and O–H groups in total. The molecule has 8 aromatic carbocycles. The first-order valence-electron chi connectivity index (χ1n) is 24.2. The number of rotatable bonds is 0. The van der Waals surface area contributed by atoms with E-state index in [2.05, 4.69) is 114 Å². The normalized spacial score (nSPS) is 8.10. The second kappa shape index (κ2) is 77.9. The van der Waals surface area contributed by atoms with Crippen LogP contribution >= 0.6 is 7.81 Å². The standard InChI is InChI=1S/4C9H9N.4C6H7.4CN.F6P.5Mn.HNO3.4NO/c3*1-7-4-8(2)6-9(5-7)10-3;1-7-4-5-9(10-3)8(2)6-7;4*1-6-4-2-3-5-6;4*1-2;1-7(2,3,4,5)6;;;;;;2-1(3)4;4*1-2/h4*4-6H,1-2H3;4*2-5H,1H3;;;;;;;;;;;(H,2,3,4);;;;/q;;;;9*-1;;4*+2;;4*-1. The average molecular weight is 1550 g/mol. The Morgan fingerprint density at radius 2 is 0.562 bits per heavy atom. The van der Waals surface area contributed by atoms with Gasteiger partial charge in [0.05, 0.1) is 26.3 Å². The van der Waals surface area contributed by atoms with Crippen LogP contribution in [0.2, 0.25) is 0 Å². The van der Waals surface area contributed by atoms with Crippen LogP contribution in [0.3, 0.4) is 0 Å². The summed E-state index contributed by atoms with van der Waals surface area (Å²) in [5.41, 5.74) is 40.6. The van der Waals surface area contributed by atoms with E-state index in [0.29, 0.717) is 0 Å². The van der Waals surface area contributed by atoms with Crippen molar-refractivity contribution in [3.8, 4) is 0 Å². The molecule has 0 aliphatic carbocycles. The molecule has 0 aliphatic heterocycles. The summed E-state index contributed by atoms with van der Waals surface area (Å²) < 4.78 is 59.2. The molecule has 515 valence electrons. The number of nitrogens with zero attached hydrogens (tertiary/aromatic N) is 13. The SMILES string of the molecule is Cc1ccc[cH-]1.Cc1ccc[cH-]1.Cc1ccc[cH-]1.Cc1ccc[cH-]1.F[P-](F)(F)(F)(F)F.O=[N+]([O-])O.[C-]#N.[C-]#N.[C-]#N.[C-]#N.[C-]#[N+]c1cc(C)cc(C)c1.[C-]#[N+]c1cc(C)cc(C)c1.[C-]#[N+]c1cc(C)cc(C)c1.[C-]#[N+]c1ccc(C)cc1C.[Mn+2].[Mn+2].[Mn+2].[Mn+2].[Mn].[N-]=O.[N-]=O.[N-]=O.[N-]=O. The Bertz CT molecular complexity index is 2990. The van der Waals surface area contributed by atoms with Gasteiger partial charge in [0.15, 0.2) is 22.7 Å². The first-order valence-corrected chi connectivity index (χ1v) is 26.3. The van der Waals surface area contributed by atoms with Gasteiger partial charge in [-0.3, -0.25) is 0 Å². The van der Waals surface area contributed by atoms with E-state index in [4.69, 9.17) is 131 Å². The maximum atomic E-state index is 9.87. The van der Waals surface area contributed by atoms with E-state index in [-0.39, 0.29) is 85.3 Å². The first-order chi connectivity index (χ1) is 42.7. The third-order valence-electron chi connectivity index (χ3n) is 8.80. The monoisotopic (exact) mass is 1550 g/mol. The van der Waals surface area contributed by atoms with Crippen molar-refractivity contribution in [1.29, 1.82) is 21.0 Å². The first kappa shape index (κ1) is 124. The fourth-order valence-electron chi connectivity index (χ4n) is 5.86. The van der Waals surface area contributed by atoms with Gasteiger partial charge in [0, 0.05) is 17.1 Å². The molecule has 32 heteroatoms. The smallest absolute Gasteiger partial charge is 0.577 e. The van der Waals surface area contributed by atoms with Crippen molar-refractivity contribution < 1.29 is 121 Å². The van der Waals surface area contributed by atoms with Crippen molar-refractivity contribution in [2.45, 2.75) is 83.1 Å². The fraction of sp³-hybridized carbons (Fsp3) is 0.188. The molecule has 0 spiro atoms. The number of nitroso groups, excluding NO2 is 4. The van der Waals surface area contributed by atoms with Gasteiger partial charge in [-0.1, -0.05) is 139 Å². The van der Waals surface area contributed by atoms with Crippen LogP contribution in [-0.2, 0) is 85.3 Å². The summed E-state index contributed by atoms with van der Waals surface area (Å²) in [5, 5.41) is 38.6. The Labute approximate surface area is 611 Å². The van der Waals surface area contributed by atoms with Gasteiger partial charge < -0.3 is 94.5 Å². The van der Waals surface area contributed by atoms with Crippen molar-refractivity contribution in [2.75, 3.05) is 0 Å².